The first kappa shape index (κ1) is 17.1. The molecule has 0 spiro atoms. The van der Waals surface area contributed by atoms with Gasteiger partial charge >= 0.3 is 0 Å². The summed E-state index contributed by atoms with van der Waals surface area (Å²) < 4.78 is 11.4. The van der Waals surface area contributed by atoms with Gasteiger partial charge in [-0.05, 0) is 61.4 Å². The Balaban J connectivity index is 1.33. The van der Waals surface area contributed by atoms with Crippen LogP contribution in [-0.4, -0.2) is 29.2 Å². The molecular weight excluding hydrogens is 326 g/mol. The Morgan fingerprint density at radius 1 is 1.12 bits per heavy atom. The first-order valence-electron chi connectivity index (χ1n) is 9.29. The van der Waals surface area contributed by atoms with Crippen molar-refractivity contribution in [3.8, 4) is 11.5 Å². The molecule has 1 fully saturated rings. The monoisotopic (exact) mass is 351 g/mol. The first-order valence-corrected chi connectivity index (χ1v) is 9.29. The molecule has 0 amide bonds. The molecule has 3 N–H and O–H groups in total. The average Bonchev–Trinajstić information content (AvgIpc) is 3.12. The van der Waals surface area contributed by atoms with Crippen molar-refractivity contribution in [2.75, 3.05) is 13.2 Å². The number of nitrogens with zero attached hydrogens (tertiary/aromatic N) is 1. The molecule has 0 aliphatic carbocycles. The molecule has 1 aliphatic rings. The molecule has 3 aromatic rings. The highest BCUT2D eigenvalue weighted by Crippen LogP contribution is 2.25. The van der Waals surface area contributed by atoms with Gasteiger partial charge in [0, 0.05) is 25.3 Å². The van der Waals surface area contributed by atoms with Gasteiger partial charge in [0.15, 0.2) is 0 Å². The van der Waals surface area contributed by atoms with Gasteiger partial charge < -0.3 is 20.2 Å². The second-order valence-electron chi connectivity index (χ2n) is 7.08. The van der Waals surface area contributed by atoms with E-state index in [4.69, 9.17) is 15.2 Å². The van der Waals surface area contributed by atoms with E-state index >= 15 is 0 Å². The minimum Gasteiger partial charge on any atom is -0.457 e. The highest BCUT2D eigenvalue weighted by molar-refractivity contribution is 5.76. The lowest BCUT2D eigenvalue weighted by Crippen LogP contribution is -2.28. The van der Waals surface area contributed by atoms with Gasteiger partial charge in [-0.15, -0.1) is 0 Å². The Labute approximate surface area is 153 Å². The molecule has 0 bridgehead atoms. The van der Waals surface area contributed by atoms with E-state index in [0.29, 0.717) is 5.92 Å². The zero-order valence-corrected chi connectivity index (χ0v) is 14.9. The molecule has 2 aromatic carbocycles. The number of hydrogen-bond donors (Lipinski definition) is 2. The number of imidazole rings is 1. The smallest absolute Gasteiger partial charge is 0.129 e. The first-order chi connectivity index (χ1) is 12.8. The second-order valence-corrected chi connectivity index (χ2v) is 7.08. The number of aromatic nitrogens is 2. The maximum Gasteiger partial charge on any atom is 0.129 e. The fraction of sp³-hybridized carbons (Fsp3) is 0.381. The molecule has 136 valence electrons. The molecule has 2 heterocycles. The second kappa shape index (κ2) is 7.89. The van der Waals surface area contributed by atoms with E-state index in [-0.39, 0.29) is 6.04 Å². The van der Waals surface area contributed by atoms with Gasteiger partial charge in [0.25, 0.3) is 0 Å². The summed E-state index contributed by atoms with van der Waals surface area (Å²) in [6, 6.07) is 14.3. The van der Waals surface area contributed by atoms with Crippen molar-refractivity contribution in [3.05, 3.63) is 54.4 Å². The highest BCUT2D eigenvalue weighted by atomic mass is 16.5. The summed E-state index contributed by atoms with van der Waals surface area (Å²) in [5.74, 6) is 2.33. The number of benzene rings is 2. The van der Waals surface area contributed by atoms with Crippen LogP contribution in [0, 0.1) is 5.92 Å². The summed E-state index contributed by atoms with van der Waals surface area (Å²) in [6.45, 7) is 1.77. The Hall–Kier alpha value is -2.37. The zero-order valence-electron chi connectivity index (χ0n) is 14.9. The third kappa shape index (κ3) is 4.23. The summed E-state index contributed by atoms with van der Waals surface area (Å²) >= 11 is 0. The number of fused-ring (bicyclic) bond motifs is 1. The molecule has 1 unspecified atom stereocenters. The van der Waals surface area contributed by atoms with Crippen LogP contribution in [0.4, 0.5) is 0 Å². The maximum atomic E-state index is 6.36. The van der Waals surface area contributed by atoms with E-state index in [1.807, 2.05) is 30.3 Å². The van der Waals surface area contributed by atoms with Crippen LogP contribution in [0.15, 0.2) is 48.8 Å². The molecule has 0 radical (unpaired) electrons. The molecule has 1 aliphatic heterocycles. The number of nitrogens with one attached hydrogen (secondary N) is 1. The molecule has 1 saturated heterocycles. The van der Waals surface area contributed by atoms with E-state index in [0.717, 1.165) is 61.4 Å². The molecule has 5 nitrogen and oxygen atoms in total. The van der Waals surface area contributed by atoms with Gasteiger partial charge in [0.1, 0.15) is 11.5 Å². The lowest BCUT2D eigenvalue weighted by Gasteiger charge is -2.24. The number of ether oxygens (including phenoxy) is 2. The summed E-state index contributed by atoms with van der Waals surface area (Å²) in [6.07, 6.45) is 5.94. The Morgan fingerprint density at radius 2 is 1.88 bits per heavy atom. The number of rotatable bonds is 6. The fourth-order valence-electron chi connectivity index (χ4n) is 3.60. The number of nitrogens with two attached hydrogens (primary N) is 1. The standard InChI is InChI=1S/C21H25N3O2/c22-17(12-16-7-9-25-10-8-16)11-15-1-3-18(4-2-15)26-19-5-6-20-21(13-19)24-14-23-20/h1-6,13-14,16-17H,7-12,22H2,(H,23,24). The zero-order chi connectivity index (χ0) is 17.8. The number of hydrogen-bond acceptors (Lipinski definition) is 4. The molecule has 1 aromatic heterocycles. The predicted octanol–water partition coefficient (Wildman–Crippen LogP) is 4.04. The van der Waals surface area contributed by atoms with E-state index in [1.54, 1.807) is 6.33 Å². The summed E-state index contributed by atoms with van der Waals surface area (Å²) in [5.41, 5.74) is 9.52. The lowest BCUT2D eigenvalue weighted by atomic mass is 9.90. The fourth-order valence-corrected chi connectivity index (χ4v) is 3.60. The van der Waals surface area contributed by atoms with Crippen molar-refractivity contribution in [1.82, 2.24) is 9.97 Å². The minimum atomic E-state index is 0.202. The topological polar surface area (TPSA) is 73.2 Å². The number of aromatic amines is 1. The third-order valence-corrected chi connectivity index (χ3v) is 5.03. The van der Waals surface area contributed by atoms with Crippen molar-refractivity contribution in [2.45, 2.75) is 31.7 Å². The van der Waals surface area contributed by atoms with Gasteiger partial charge in [0.2, 0.25) is 0 Å². The van der Waals surface area contributed by atoms with E-state index in [1.165, 1.54) is 5.56 Å². The van der Waals surface area contributed by atoms with Crippen LogP contribution in [0.5, 0.6) is 11.5 Å². The van der Waals surface area contributed by atoms with E-state index in [2.05, 4.69) is 22.1 Å². The summed E-state index contributed by atoms with van der Waals surface area (Å²) in [4.78, 5) is 7.31. The largest absolute Gasteiger partial charge is 0.457 e. The van der Waals surface area contributed by atoms with E-state index < -0.39 is 0 Å². The Kier molecular flexibility index (Phi) is 5.18. The van der Waals surface area contributed by atoms with Crippen molar-refractivity contribution in [1.29, 1.82) is 0 Å². The quantitative estimate of drug-likeness (QED) is 0.703. The molecule has 4 rings (SSSR count). The highest BCUT2D eigenvalue weighted by Gasteiger charge is 2.17. The van der Waals surface area contributed by atoms with Gasteiger partial charge in [-0.2, -0.15) is 0 Å². The minimum absolute atomic E-state index is 0.202. The summed E-state index contributed by atoms with van der Waals surface area (Å²) in [5, 5.41) is 0. The molecular formula is C21H25N3O2. The third-order valence-electron chi connectivity index (χ3n) is 5.03. The van der Waals surface area contributed by atoms with Gasteiger partial charge in [-0.3, -0.25) is 0 Å². The van der Waals surface area contributed by atoms with Crippen molar-refractivity contribution < 1.29 is 9.47 Å². The predicted molar refractivity (Wildman–Crippen MR) is 102 cm³/mol. The lowest BCUT2D eigenvalue weighted by molar-refractivity contribution is 0.0619. The van der Waals surface area contributed by atoms with Gasteiger partial charge in [-0.25, -0.2) is 4.98 Å². The van der Waals surface area contributed by atoms with E-state index in [9.17, 15) is 0 Å². The van der Waals surface area contributed by atoms with Crippen molar-refractivity contribution >= 4 is 11.0 Å². The molecule has 1 atom stereocenters. The van der Waals surface area contributed by atoms with Crippen LogP contribution in [0.25, 0.3) is 11.0 Å². The Bertz CT molecular complexity index is 838. The molecule has 5 heteroatoms. The summed E-state index contributed by atoms with van der Waals surface area (Å²) in [7, 11) is 0. The normalized spacial score (nSPS) is 16.7. The SMILES string of the molecule is NC(Cc1ccc(Oc2ccc3nc[nH]c3c2)cc1)CC1CCOCC1. The average molecular weight is 351 g/mol. The van der Waals surface area contributed by atoms with Gasteiger partial charge in [-0.1, -0.05) is 12.1 Å². The van der Waals surface area contributed by atoms with Crippen LogP contribution < -0.4 is 10.5 Å². The van der Waals surface area contributed by atoms with Crippen LogP contribution in [0.1, 0.15) is 24.8 Å². The Morgan fingerprint density at radius 3 is 2.69 bits per heavy atom. The van der Waals surface area contributed by atoms with Crippen LogP contribution in [-0.2, 0) is 11.2 Å². The maximum absolute atomic E-state index is 6.36. The van der Waals surface area contributed by atoms with Crippen molar-refractivity contribution in [3.63, 3.8) is 0 Å². The molecule has 26 heavy (non-hydrogen) atoms. The number of H-pyrrole nitrogens is 1. The molecule has 0 saturated carbocycles. The van der Waals surface area contributed by atoms with Crippen LogP contribution >= 0.6 is 0 Å². The van der Waals surface area contributed by atoms with Gasteiger partial charge in [0.05, 0.1) is 17.4 Å². The van der Waals surface area contributed by atoms with Crippen LogP contribution in [0.2, 0.25) is 0 Å². The van der Waals surface area contributed by atoms with Crippen LogP contribution in [0.3, 0.4) is 0 Å². The van der Waals surface area contributed by atoms with Crippen molar-refractivity contribution in [2.24, 2.45) is 11.7 Å².